The first kappa shape index (κ1) is 23.2. The van der Waals surface area contributed by atoms with E-state index in [1.54, 1.807) is 45.0 Å². The summed E-state index contributed by atoms with van der Waals surface area (Å²) in [7, 11) is 0. The van der Waals surface area contributed by atoms with Crippen LogP contribution >= 0.6 is 0 Å². The zero-order chi connectivity index (χ0) is 23.7. The van der Waals surface area contributed by atoms with E-state index in [1.807, 2.05) is 0 Å². The van der Waals surface area contributed by atoms with Crippen molar-refractivity contribution in [2.45, 2.75) is 45.6 Å². The normalized spacial score (nSPS) is 12.1. The fraction of sp³-hybridized carbons (Fsp3) is 0.304. The second-order valence-corrected chi connectivity index (χ2v) is 8.19. The molecule has 0 fully saturated rings. The molecule has 0 saturated carbocycles. The number of fused-ring (bicyclic) bond motifs is 1. The zero-order valence-electron chi connectivity index (χ0n) is 17.7. The van der Waals surface area contributed by atoms with Crippen molar-refractivity contribution in [2.75, 3.05) is 0 Å². The highest BCUT2D eigenvalue weighted by atomic mass is 19.4. The number of benzene rings is 2. The summed E-state index contributed by atoms with van der Waals surface area (Å²) in [4.78, 5) is 23.8. The van der Waals surface area contributed by atoms with Crippen LogP contribution in [0.15, 0.2) is 48.5 Å². The summed E-state index contributed by atoms with van der Waals surface area (Å²) in [5.41, 5.74) is 0.703. The van der Waals surface area contributed by atoms with Gasteiger partial charge in [-0.2, -0.15) is 0 Å². The largest absolute Gasteiger partial charge is 0.573 e. The van der Waals surface area contributed by atoms with Crippen molar-refractivity contribution in [3.63, 3.8) is 0 Å². The van der Waals surface area contributed by atoms with Crippen molar-refractivity contribution >= 4 is 22.8 Å². The number of ether oxygens (including phenoxy) is 2. The molecule has 0 bridgehead atoms. The van der Waals surface area contributed by atoms with E-state index in [2.05, 4.69) is 4.74 Å². The molecule has 32 heavy (non-hydrogen) atoms. The Labute approximate surface area is 182 Å². The topological polar surface area (TPSA) is 77.8 Å². The number of rotatable bonds is 6. The van der Waals surface area contributed by atoms with Crippen LogP contribution in [0, 0.1) is 0 Å². The minimum Gasteiger partial charge on any atom is -0.477 e. The maximum Gasteiger partial charge on any atom is 0.573 e. The van der Waals surface area contributed by atoms with Crippen LogP contribution in [0.5, 0.6) is 5.75 Å². The van der Waals surface area contributed by atoms with Crippen LogP contribution in [-0.4, -0.2) is 33.6 Å². The van der Waals surface area contributed by atoms with Gasteiger partial charge < -0.3 is 19.1 Å². The van der Waals surface area contributed by atoms with Gasteiger partial charge in [-0.1, -0.05) is 12.1 Å². The number of aromatic carboxylic acids is 1. The average Bonchev–Trinajstić information content (AvgIpc) is 3.03. The van der Waals surface area contributed by atoms with E-state index in [-0.39, 0.29) is 23.6 Å². The third kappa shape index (κ3) is 5.81. The van der Waals surface area contributed by atoms with Crippen molar-refractivity contribution < 1.29 is 37.3 Å². The number of aromatic nitrogens is 1. The molecule has 6 nitrogen and oxygen atoms in total. The van der Waals surface area contributed by atoms with Crippen LogP contribution in [-0.2, 0) is 16.0 Å². The summed E-state index contributed by atoms with van der Waals surface area (Å²) in [6, 6.07) is 11.8. The SMILES string of the molecule is CC(C)(C)OC(=O)CCc1cccc(-n2c(C(=O)O)cc3ccc(OC(F)(F)F)cc32)c1. The maximum absolute atomic E-state index is 12.6. The van der Waals surface area contributed by atoms with E-state index in [9.17, 15) is 27.9 Å². The number of carboxylic acids is 1. The summed E-state index contributed by atoms with van der Waals surface area (Å²) < 4.78 is 48.6. The molecular weight excluding hydrogens is 427 g/mol. The van der Waals surface area contributed by atoms with Crippen molar-refractivity contribution in [3.8, 4) is 11.4 Å². The average molecular weight is 449 g/mol. The van der Waals surface area contributed by atoms with Gasteiger partial charge in [-0.15, -0.1) is 13.2 Å². The van der Waals surface area contributed by atoms with Gasteiger partial charge in [0.2, 0.25) is 0 Å². The van der Waals surface area contributed by atoms with Crippen molar-refractivity contribution in [1.29, 1.82) is 0 Å². The molecule has 0 aliphatic carbocycles. The summed E-state index contributed by atoms with van der Waals surface area (Å²) in [5.74, 6) is -2.06. The lowest BCUT2D eigenvalue weighted by atomic mass is 10.1. The smallest absolute Gasteiger partial charge is 0.477 e. The Morgan fingerprint density at radius 2 is 1.75 bits per heavy atom. The molecule has 0 amide bonds. The molecule has 0 atom stereocenters. The fourth-order valence-corrected chi connectivity index (χ4v) is 3.30. The first-order valence-electron chi connectivity index (χ1n) is 9.78. The van der Waals surface area contributed by atoms with Gasteiger partial charge >= 0.3 is 18.3 Å². The molecule has 1 heterocycles. The Kier molecular flexibility index (Phi) is 6.20. The predicted octanol–water partition coefficient (Wildman–Crippen LogP) is 5.50. The molecule has 0 saturated heterocycles. The van der Waals surface area contributed by atoms with Gasteiger partial charge in [0, 0.05) is 23.6 Å². The van der Waals surface area contributed by atoms with Gasteiger partial charge in [-0.3, -0.25) is 4.79 Å². The minimum atomic E-state index is -4.87. The molecule has 3 rings (SSSR count). The number of aryl methyl sites for hydroxylation is 1. The van der Waals surface area contributed by atoms with Crippen LogP contribution < -0.4 is 4.74 Å². The maximum atomic E-state index is 12.6. The van der Waals surface area contributed by atoms with Crippen LogP contribution in [0.4, 0.5) is 13.2 Å². The van der Waals surface area contributed by atoms with Gasteiger partial charge in [0.15, 0.2) is 0 Å². The molecule has 0 spiro atoms. The highest BCUT2D eigenvalue weighted by Gasteiger charge is 2.31. The van der Waals surface area contributed by atoms with Gasteiger partial charge in [0.05, 0.1) is 5.52 Å². The molecule has 1 N–H and O–H groups in total. The molecule has 0 radical (unpaired) electrons. The summed E-state index contributed by atoms with van der Waals surface area (Å²) >= 11 is 0. The minimum absolute atomic E-state index is 0.117. The van der Waals surface area contributed by atoms with Gasteiger partial charge in [0.1, 0.15) is 17.0 Å². The zero-order valence-corrected chi connectivity index (χ0v) is 17.7. The highest BCUT2D eigenvalue weighted by molar-refractivity contribution is 5.96. The Morgan fingerprint density at radius 3 is 2.38 bits per heavy atom. The fourth-order valence-electron chi connectivity index (χ4n) is 3.30. The van der Waals surface area contributed by atoms with E-state index in [0.717, 1.165) is 17.7 Å². The molecule has 9 heteroatoms. The third-order valence-corrected chi connectivity index (χ3v) is 4.44. The van der Waals surface area contributed by atoms with Gasteiger partial charge in [-0.05, 0) is 63.1 Å². The molecule has 0 unspecified atom stereocenters. The Hall–Kier alpha value is -3.49. The van der Waals surface area contributed by atoms with Crippen LogP contribution in [0.3, 0.4) is 0 Å². The number of hydrogen-bond acceptors (Lipinski definition) is 4. The van der Waals surface area contributed by atoms with Crippen molar-refractivity contribution in [1.82, 2.24) is 4.57 Å². The molecule has 0 aliphatic rings. The van der Waals surface area contributed by atoms with E-state index >= 15 is 0 Å². The summed E-state index contributed by atoms with van der Waals surface area (Å²) in [6.07, 6.45) is -4.39. The number of nitrogens with zero attached hydrogens (tertiary/aromatic N) is 1. The number of carbonyl (C=O) groups is 2. The predicted molar refractivity (Wildman–Crippen MR) is 111 cm³/mol. The van der Waals surface area contributed by atoms with E-state index in [1.165, 1.54) is 16.7 Å². The van der Waals surface area contributed by atoms with E-state index in [4.69, 9.17) is 4.74 Å². The number of carboxylic acid groups (broad SMARTS) is 1. The second kappa shape index (κ2) is 8.57. The Balaban J connectivity index is 1.98. The molecule has 3 aromatic rings. The van der Waals surface area contributed by atoms with Crippen LogP contribution in [0.1, 0.15) is 43.2 Å². The lowest BCUT2D eigenvalue weighted by Crippen LogP contribution is -2.24. The van der Waals surface area contributed by atoms with Crippen molar-refractivity contribution in [3.05, 3.63) is 59.8 Å². The monoisotopic (exact) mass is 449 g/mol. The van der Waals surface area contributed by atoms with Crippen LogP contribution in [0.25, 0.3) is 16.6 Å². The molecule has 1 aromatic heterocycles. The first-order chi connectivity index (χ1) is 14.8. The molecule has 0 aliphatic heterocycles. The highest BCUT2D eigenvalue weighted by Crippen LogP contribution is 2.31. The summed E-state index contributed by atoms with van der Waals surface area (Å²) in [5, 5.41) is 10.1. The van der Waals surface area contributed by atoms with Gasteiger partial charge in [-0.25, -0.2) is 4.79 Å². The number of carbonyl (C=O) groups excluding carboxylic acids is 1. The Morgan fingerprint density at radius 1 is 1.03 bits per heavy atom. The lowest BCUT2D eigenvalue weighted by molar-refractivity contribution is -0.274. The number of halogens is 3. The molecular formula is C23H22F3NO5. The van der Waals surface area contributed by atoms with Crippen molar-refractivity contribution in [2.24, 2.45) is 0 Å². The third-order valence-electron chi connectivity index (χ3n) is 4.44. The number of alkyl halides is 3. The Bertz CT molecular complexity index is 1160. The molecule has 170 valence electrons. The van der Waals surface area contributed by atoms with Crippen LogP contribution in [0.2, 0.25) is 0 Å². The molecule has 2 aromatic carbocycles. The number of hydrogen-bond donors (Lipinski definition) is 1. The number of esters is 1. The van der Waals surface area contributed by atoms with E-state index < -0.39 is 23.7 Å². The standard InChI is InChI=1S/C23H22F3NO5/c1-22(2,3)32-20(28)10-7-14-5-4-6-16(11-14)27-18-13-17(31-23(24,25)26)9-8-15(18)12-19(27)21(29)30/h4-6,8-9,11-13H,7,10H2,1-3H3,(H,29,30). The van der Waals surface area contributed by atoms with E-state index in [0.29, 0.717) is 17.5 Å². The first-order valence-corrected chi connectivity index (χ1v) is 9.78. The van der Waals surface area contributed by atoms with Gasteiger partial charge in [0.25, 0.3) is 0 Å². The summed E-state index contributed by atoms with van der Waals surface area (Å²) in [6.45, 7) is 5.31. The lowest BCUT2D eigenvalue weighted by Gasteiger charge is -2.19. The quantitative estimate of drug-likeness (QED) is 0.503. The second-order valence-electron chi connectivity index (χ2n) is 8.19.